The lowest BCUT2D eigenvalue weighted by atomic mass is 9.99. The van der Waals surface area contributed by atoms with Gasteiger partial charge in [0.05, 0.1) is 18.5 Å². The third-order valence-corrected chi connectivity index (χ3v) is 5.04. The summed E-state index contributed by atoms with van der Waals surface area (Å²) in [6.45, 7) is 6.53. The average molecular weight is 463 g/mol. The fraction of sp³-hybridized carbons (Fsp3) is 0.500. The quantitative estimate of drug-likeness (QED) is 0.406. The number of aliphatic carboxylic acids is 1. The van der Waals surface area contributed by atoms with E-state index in [-0.39, 0.29) is 30.4 Å². The van der Waals surface area contributed by atoms with Crippen LogP contribution in [-0.2, 0) is 19.2 Å². The molecule has 4 amide bonds. The molecule has 5 N–H and O–H groups in total. The summed E-state index contributed by atoms with van der Waals surface area (Å²) in [7, 11) is 0. The second-order valence-electron chi connectivity index (χ2n) is 8.57. The Morgan fingerprint density at radius 1 is 1.12 bits per heavy atom. The number of carbonyl (C=O) groups excluding carboxylic acids is 4. The first-order valence-corrected chi connectivity index (χ1v) is 10.6. The Morgan fingerprint density at radius 3 is 2.42 bits per heavy atom. The van der Waals surface area contributed by atoms with Gasteiger partial charge in [-0.2, -0.15) is 0 Å². The van der Waals surface area contributed by atoms with Gasteiger partial charge in [-0.05, 0) is 31.9 Å². The summed E-state index contributed by atoms with van der Waals surface area (Å²) >= 11 is 0. The average Bonchev–Trinajstić information content (AvgIpc) is 2.73. The van der Waals surface area contributed by atoms with Gasteiger partial charge < -0.3 is 31.1 Å². The molecule has 1 aliphatic rings. The van der Waals surface area contributed by atoms with E-state index in [1.54, 1.807) is 26.0 Å². The summed E-state index contributed by atoms with van der Waals surface area (Å²) in [6, 6.07) is 3.81. The third kappa shape index (κ3) is 6.93. The molecule has 0 radical (unpaired) electrons. The Kier molecular flexibility index (Phi) is 8.38. The zero-order chi connectivity index (χ0) is 24.8. The minimum Gasteiger partial charge on any atom is -0.491 e. The second-order valence-corrected chi connectivity index (χ2v) is 8.57. The minimum atomic E-state index is -1.54. The van der Waals surface area contributed by atoms with E-state index in [0.717, 1.165) is 0 Å². The summed E-state index contributed by atoms with van der Waals surface area (Å²) < 4.78 is 5.61. The Bertz CT molecular complexity index is 929. The molecule has 2 rings (SSSR count). The first kappa shape index (κ1) is 25.6. The van der Waals surface area contributed by atoms with Crippen LogP contribution in [0.2, 0.25) is 0 Å². The van der Waals surface area contributed by atoms with E-state index in [0.29, 0.717) is 0 Å². The van der Waals surface area contributed by atoms with Gasteiger partial charge in [-0.25, -0.2) is 4.79 Å². The molecule has 2 atom stereocenters. The van der Waals surface area contributed by atoms with Crippen LogP contribution in [0.25, 0.3) is 0 Å². The number of nitrogens with one attached hydrogen (secondary N) is 4. The van der Waals surface area contributed by atoms with Crippen LogP contribution in [0.3, 0.4) is 0 Å². The second kappa shape index (κ2) is 10.8. The molecule has 0 spiro atoms. The molecule has 1 aliphatic heterocycles. The zero-order valence-corrected chi connectivity index (χ0v) is 19.1. The number of benzene rings is 1. The summed E-state index contributed by atoms with van der Waals surface area (Å²) in [5.74, 6) is -4.01. The molecule has 180 valence electrons. The van der Waals surface area contributed by atoms with E-state index in [4.69, 9.17) is 4.74 Å². The smallest absolute Gasteiger partial charge is 0.326 e. The molecule has 0 fully saturated rings. The van der Waals surface area contributed by atoms with Crippen LogP contribution in [0, 0.1) is 5.92 Å². The van der Waals surface area contributed by atoms with Crippen molar-refractivity contribution in [3.63, 3.8) is 0 Å². The number of carbonyl (C=O) groups is 5. The topological polar surface area (TPSA) is 163 Å². The van der Waals surface area contributed by atoms with Crippen molar-refractivity contribution in [2.75, 3.05) is 13.2 Å². The molecule has 0 aliphatic carbocycles. The fourth-order valence-electron chi connectivity index (χ4n) is 3.16. The Hall–Kier alpha value is -3.63. The summed E-state index contributed by atoms with van der Waals surface area (Å²) in [4.78, 5) is 62.3. The highest BCUT2D eigenvalue weighted by molar-refractivity contribution is 6.00. The number of carboxylic acids is 1. The highest BCUT2D eigenvalue weighted by atomic mass is 16.5. The molecular formula is C22H30N4O7. The van der Waals surface area contributed by atoms with Gasteiger partial charge >= 0.3 is 5.97 Å². The highest BCUT2D eigenvalue weighted by Crippen LogP contribution is 2.18. The van der Waals surface area contributed by atoms with Crippen LogP contribution in [-0.4, -0.2) is 65.5 Å². The Balaban J connectivity index is 2.37. The standard InChI is InChI=1S/C22H30N4O7/c1-12(2)17-19(29)23-9-10-33-15-8-6-5-7-13(15)18(28)24-14(20(30)31)11-16(27)26-22(3,4)21(32)25-17/h5-8,12,14,17H,9-11H2,1-4H3,(H,23,29)(H,24,28)(H,25,32)(H,26,27)(H,30,31)/t14-,17+/m0/s1. The fourth-order valence-corrected chi connectivity index (χ4v) is 3.16. The van der Waals surface area contributed by atoms with Crippen molar-refractivity contribution in [3.05, 3.63) is 29.8 Å². The van der Waals surface area contributed by atoms with Gasteiger partial charge in [0.1, 0.15) is 30.0 Å². The number of fused-ring (bicyclic) bond motifs is 1. The van der Waals surface area contributed by atoms with Gasteiger partial charge in [0.15, 0.2) is 0 Å². The number of para-hydroxylation sites is 1. The molecule has 0 aromatic heterocycles. The van der Waals surface area contributed by atoms with Gasteiger partial charge in [0.25, 0.3) is 5.91 Å². The van der Waals surface area contributed by atoms with Crippen molar-refractivity contribution < 1.29 is 33.8 Å². The first-order valence-electron chi connectivity index (χ1n) is 10.6. The van der Waals surface area contributed by atoms with E-state index in [9.17, 15) is 29.1 Å². The molecule has 0 saturated heterocycles. The lowest BCUT2D eigenvalue weighted by Crippen LogP contribution is -2.60. The van der Waals surface area contributed by atoms with E-state index in [1.807, 2.05) is 0 Å². The maximum Gasteiger partial charge on any atom is 0.326 e. The SMILES string of the molecule is CC(C)[C@H]1NC(=O)C(C)(C)NC(=O)C[C@@H](C(=O)O)NC(=O)c2ccccc2OCCNC1=O. The van der Waals surface area contributed by atoms with E-state index in [1.165, 1.54) is 26.0 Å². The number of amides is 4. The normalized spacial score (nSPS) is 22.6. The predicted molar refractivity (Wildman–Crippen MR) is 117 cm³/mol. The number of hydrogen-bond donors (Lipinski definition) is 5. The largest absolute Gasteiger partial charge is 0.491 e. The van der Waals surface area contributed by atoms with E-state index < -0.39 is 53.6 Å². The number of ether oxygens (including phenoxy) is 1. The number of carboxylic acid groups (broad SMARTS) is 1. The van der Waals surface area contributed by atoms with Crippen LogP contribution in [0.15, 0.2) is 24.3 Å². The molecule has 33 heavy (non-hydrogen) atoms. The summed E-state index contributed by atoms with van der Waals surface area (Å²) in [5.41, 5.74) is -1.36. The maximum absolute atomic E-state index is 12.8. The zero-order valence-electron chi connectivity index (χ0n) is 19.1. The van der Waals surface area contributed by atoms with Gasteiger partial charge in [0, 0.05) is 0 Å². The van der Waals surface area contributed by atoms with Crippen molar-refractivity contribution in [2.24, 2.45) is 5.92 Å². The van der Waals surface area contributed by atoms with Crippen LogP contribution < -0.4 is 26.0 Å². The van der Waals surface area contributed by atoms with Gasteiger partial charge in [-0.3, -0.25) is 19.2 Å². The van der Waals surface area contributed by atoms with Crippen LogP contribution in [0.1, 0.15) is 44.5 Å². The van der Waals surface area contributed by atoms with Crippen molar-refractivity contribution in [1.82, 2.24) is 21.3 Å². The molecule has 11 heteroatoms. The summed E-state index contributed by atoms with van der Waals surface area (Å²) in [6.07, 6.45) is -0.602. The first-order chi connectivity index (χ1) is 15.4. The molecule has 1 aromatic carbocycles. The van der Waals surface area contributed by atoms with Crippen molar-refractivity contribution in [2.45, 2.75) is 51.7 Å². The molecule has 0 bridgehead atoms. The Labute approximate surface area is 191 Å². The lowest BCUT2D eigenvalue weighted by molar-refractivity contribution is -0.142. The summed E-state index contributed by atoms with van der Waals surface area (Å²) in [5, 5.41) is 19.6. The molecule has 1 heterocycles. The molecular weight excluding hydrogens is 432 g/mol. The van der Waals surface area contributed by atoms with E-state index >= 15 is 0 Å². The van der Waals surface area contributed by atoms with Crippen LogP contribution in [0.4, 0.5) is 0 Å². The number of hydrogen-bond acceptors (Lipinski definition) is 6. The highest BCUT2D eigenvalue weighted by Gasteiger charge is 2.35. The van der Waals surface area contributed by atoms with Crippen LogP contribution in [0.5, 0.6) is 5.75 Å². The predicted octanol–water partition coefficient (Wildman–Crippen LogP) is -0.196. The van der Waals surface area contributed by atoms with E-state index in [2.05, 4.69) is 21.3 Å². The molecule has 1 aromatic rings. The number of rotatable bonds is 2. The third-order valence-electron chi connectivity index (χ3n) is 5.04. The van der Waals surface area contributed by atoms with Crippen molar-refractivity contribution in [3.8, 4) is 5.75 Å². The Morgan fingerprint density at radius 2 is 1.79 bits per heavy atom. The van der Waals surface area contributed by atoms with Gasteiger partial charge in [-0.1, -0.05) is 26.0 Å². The van der Waals surface area contributed by atoms with Gasteiger partial charge in [0.2, 0.25) is 17.7 Å². The maximum atomic E-state index is 12.8. The van der Waals surface area contributed by atoms with Crippen LogP contribution >= 0.6 is 0 Å². The molecule has 0 unspecified atom stereocenters. The van der Waals surface area contributed by atoms with Crippen molar-refractivity contribution in [1.29, 1.82) is 0 Å². The molecule has 0 saturated carbocycles. The molecule has 11 nitrogen and oxygen atoms in total. The monoisotopic (exact) mass is 462 g/mol. The van der Waals surface area contributed by atoms with Crippen molar-refractivity contribution >= 4 is 29.6 Å². The van der Waals surface area contributed by atoms with Gasteiger partial charge in [-0.15, -0.1) is 0 Å². The lowest BCUT2D eigenvalue weighted by Gasteiger charge is -2.29. The minimum absolute atomic E-state index is 0.0304.